The number of ether oxygens (including phenoxy) is 1. The van der Waals surface area contributed by atoms with Crippen LogP contribution in [0.4, 0.5) is 5.69 Å². The molecule has 14 heavy (non-hydrogen) atoms. The smallest absolute Gasteiger partial charge is 0.126 e. The highest BCUT2D eigenvalue weighted by Crippen LogP contribution is 2.35. The van der Waals surface area contributed by atoms with Gasteiger partial charge in [-0.25, -0.2) is 0 Å². The number of methoxy groups -OCH3 is 1. The maximum Gasteiger partial charge on any atom is 0.126 e. The van der Waals surface area contributed by atoms with Gasteiger partial charge in [0.1, 0.15) is 5.75 Å². The third kappa shape index (κ3) is 1.46. The van der Waals surface area contributed by atoms with Crippen LogP contribution in [0.2, 0.25) is 0 Å². The van der Waals surface area contributed by atoms with Gasteiger partial charge in [-0.2, -0.15) is 0 Å². The molecule has 0 radical (unpaired) electrons. The van der Waals surface area contributed by atoms with E-state index in [1.165, 1.54) is 0 Å². The third-order valence-electron chi connectivity index (χ3n) is 2.09. The third-order valence-corrected chi connectivity index (χ3v) is 2.85. The van der Waals surface area contributed by atoms with Crippen molar-refractivity contribution in [1.29, 1.82) is 0 Å². The molecule has 72 valence electrons. The van der Waals surface area contributed by atoms with Gasteiger partial charge in [0.25, 0.3) is 0 Å². The number of thiophene rings is 1. The summed E-state index contributed by atoms with van der Waals surface area (Å²) in [5.41, 5.74) is 8.75. The fourth-order valence-electron chi connectivity index (χ4n) is 1.39. The van der Waals surface area contributed by atoms with Crippen LogP contribution in [0.15, 0.2) is 35.0 Å². The van der Waals surface area contributed by atoms with Crippen LogP contribution in [0.25, 0.3) is 11.1 Å². The molecule has 2 rings (SSSR count). The lowest BCUT2D eigenvalue weighted by atomic mass is 10.1. The molecule has 0 saturated carbocycles. The maximum atomic E-state index is 5.85. The van der Waals surface area contributed by atoms with Gasteiger partial charge >= 0.3 is 0 Å². The molecule has 0 amide bonds. The van der Waals surface area contributed by atoms with Crippen LogP contribution in [0.3, 0.4) is 0 Å². The standard InChI is InChI=1S/C11H11NOS/c1-13-11-5-3-2-4-8(11)9-6-14-7-10(9)12/h2-7H,12H2,1H3. The first-order valence-electron chi connectivity index (χ1n) is 4.28. The minimum atomic E-state index is 0.805. The highest BCUT2D eigenvalue weighted by molar-refractivity contribution is 7.08. The van der Waals surface area contributed by atoms with Gasteiger partial charge in [0.2, 0.25) is 0 Å². The Kier molecular flexibility index (Phi) is 2.41. The number of hydrogen-bond donors (Lipinski definition) is 1. The summed E-state index contributed by atoms with van der Waals surface area (Å²) < 4.78 is 5.27. The maximum absolute atomic E-state index is 5.85. The zero-order chi connectivity index (χ0) is 9.97. The van der Waals surface area contributed by atoms with Crippen molar-refractivity contribution in [3.05, 3.63) is 35.0 Å². The van der Waals surface area contributed by atoms with Crippen molar-refractivity contribution < 1.29 is 4.74 Å². The first-order valence-corrected chi connectivity index (χ1v) is 5.22. The summed E-state index contributed by atoms with van der Waals surface area (Å²) in [7, 11) is 1.67. The first-order chi connectivity index (χ1) is 6.83. The van der Waals surface area contributed by atoms with E-state index < -0.39 is 0 Å². The molecule has 0 atom stereocenters. The van der Waals surface area contributed by atoms with Crippen molar-refractivity contribution in [2.75, 3.05) is 12.8 Å². The van der Waals surface area contributed by atoms with E-state index in [1.807, 2.05) is 35.0 Å². The predicted molar refractivity (Wildman–Crippen MR) is 60.7 cm³/mol. The summed E-state index contributed by atoms with van der Waals surface area (Å²) in [6.07, 6.45) is 0. The van der Waals surface area contributed by atoms with Gasteiger partial charge in [-0.15, -0.1) is 11.3 Å². The Bertz CT molecular complexity index is 436. The summed E-state index contributed by atoms with van der Waals surface area (Å²) in [5, 5.41) is 3.97. The Labute approximate surface area is 86.9 Å². The molecule has 2 N–H and O–H groups in total. The highest BCUT2D eigenvalue weighted by atomic mass is 32.1. The van der Waals surface area contributed by atoms with E-state index in [2.05, 4.69) is 0 Å². The van der Waals surface area contributed by atoms with E-state index in [9.17, 15) is 0 Å². The molecule has 0 saturated heterocycles. The molecular weight excluding hydrogens is 194 g/mol. The summed E-state index contributed by atoms with van der Waals surface area (Å²) >= 11 is 1.60. The molecule has 0 aliphatic carbocycles. The molecule has 0 spiro atoms. The van der Waals surface area contributed by atoms with E-state index in [0.29, 0.717) is 0 Å². The minimum Gasteiger partial charge on any atom is -0.496 e. The van der Waals surface area contributed by atoms with E-state index in [1.54, 1.807) is 18.4 Å². The SMILES string of the molecule is COc1ccccc1-c1cscc1N. The number of para-hydroxylation sites is 1. The van der Waals surface area contributed by atoms with Crippen molar-refractivity contribution >= 4 is 17.0 Å². The molecule has 2 nitrogen and oxygen atoms in total. The molecular formula is C11H11NOS. The van der Waals surface area contributed by atoms with Crippen molar-refractivity contribution in [1.82, 2.24) is 0 Å². The Balaban J connectivity index is 2.56. The van der Waals surface area contributed by atoms with Crippen LogP contribution in [-0.2, 0) is 0 Å². The van der Waals surface area contributed by atoms with Crippen LogP contribution in [0.5, 0.6) is 5.75 Å². The van der Waals surface area contributed by atoms with Crippen molar-refractivity contribution in [2.24, 2.45) is 0 Å². The van der Waals surface area contributed by atoms with Crippen LogP contribution in [0.1, 0.15) is 0 Å². The lowest BCUT2D eigenvalue weighted by molar-refractivity contribution is 0.416. The predicted octanol–water partition coefficient (Wildman–Crippen LogP) is 3.01. The van der Waals surface area contributed by atoms with Gasteiger partial charge in [0.05, 0.1) is 12.8 Å². The molecule has 1 aromatic heterocycles. The van der Waals surface area contributed by atoms with E-state index in [4.69, 9.17) is 10.5 Å². The lowest BCUT2D eigenvalue weighted by Gasteiger charge is -2.06. The van der Waals surface area contributed by atoms with E-state index in [0.717, 1.165) is 22.6 Å². The number of hydrogen-bond acceptors (Lipinski definition) is 3. The fourth-order valence-corrected chi connectivity index (χ4v) is 2.13. The Morgan fingerprint density at radius 3 is 2.57 bits per heavy atom. The zero-order valence-corrected chi connectivity index (χ0v) is 8.67. The van der Waals surface area contributed by atoms with Crippen molar-refractivity contribution in [3.63, 3.8) is 0 Å². The zero-order valence-electron chi connectivity index (χ0n) is 7.86. The first kappa shape index (κ1) is 9.09. The summed E-state index contributed by atoms with van der Waals surface area (Å²) in [5.74, 6) is 0.859. The number of nitrogen functional groups attached to an aromatic ring is 1. The molecule has 1 aromatic carbocycles. The Morgan fingerprint density at radius 1 is 1.14 bits per heavy atom. The van der Waals surface area contributed by atoms with Gasteiger partial charge in [-0.1, -0.05) is 18.2 Å². The molecule has 0 fully saturated rings. The Morgan fingerprint density at radius 2 is 1.93 bits per heavy atom. The quantitative estimate of drug-likeness (QED) is 0.818. The van der Waals surface area contributed by atoms with Gasteiger partial charge in [-0.3, -0.25) is 0 Å². The molecule has 3 heteroatoms. The minimum absolute atomic E-state index is 0.805. The number of rotatable bonds is 2. The lowest BCUT2D eigenvalue weighted by Crippen LogP contribution is -1.89. The fraction of sp³-hybridized carbons (Fsp3) is 0.0909. The molecule has 0 bridgehead atoms. The monoisotopic (exact) mass is 205 g/mol. The summed E-state index contributed by atoms with van der Waals surface area (Å²) in [4.78, 5) is 0. The molecule has 0 aliphatic rings. The van der Waals surface area contributed by atoms with Crippen LogP contribution < -0.4 is 10.5 Å². The van der Waals surface area contributed by atoms with Gasteiger partial charge < -0.3 is 10.5 Å². The van der Waals surface area contributed by atoms with Crippen molar-refractivity contribution in [3.8, 4) is 16.9 Å². The second-order valence-electron chi connectivity index (χ2n) is 2.94. The van der Waals surface area contributed by atoms with Gasteiger partial charge in [0, 0.05) is 21.9 Å². The molecule has 0 unspecified atom stereocenters. The normalized spacial score (nSPS) is 10.1. The number of benzene rings is 1. The number of anilines is 1. The average Bonchev–Trinajstić information content (AvgIpc) is 2.64. The van der Waals surface area contributed by atoms with Gasteiger partial charge in [0.15, 0.2) is 0 Å². The second-order valence-corrected chi connectivity index (χ2v) is 3.68. The van der Waals surface area contributed by atoms with Crippen LogP contribution >= 0.6 is 11.3 Å². The topological polar surface area (TPSA) is 35.2 Å². The van der Waals surface area contributed by atoms with Crippen LogP contribution in [-0.4, -0.2) is 7.11 Å². The molecule has 1 heterocycles. The van der Waals surface area contributed by atoms with Crippen molar-refractivity contribution in [2.45, 2.75) is 0 Å². The number of nitrogens with two attached hydrogens (primary N) is 1. The Hall–Kier alpha value is -1.48. The van der Waals surface area contributed by atoms with E-state index >= 15 is 0 Å². The highest BCUT2D eigenvalue weighted by Gasteiger charge is 2.07. The van der Waals surface area contributed by atoms with Crippen LogP contribution in [0, 0.1) is 0 Å². The summed E-state index contributed by atoms with van der Waals surface area (Å²) in [6, 6.07) is 7.88. The average molecular weight is 205 g/mol. The molecule has 0 aliphatic heterocycles. The van der Waals surface area contributed by atoms with E-state index in [-0.39, 0.29) is 0 Å². The molecule has 2 aromatic rings. The van der Waals surface area contributed by atoms with Gasteiger partial charge in [-0.05, 0) is 6.07 Å². The second kappa shape index (κ2) is 3.72. The largest absolute Gasteiger partial charge is 0.496 e. The summed E-state index contributed by atoms with van der Waals surface area (Å²) in [6.45, 7) is 0.